The summed E-state index contributed by atoms with van der Waals surface area (Å²) in [6.07, 6.45) is 1.53. The molecular formula is C9H9BrN2O2. The summed E-state index contributed by atoms with van der Waals surface area (Å²) in [6, 6.07) is 3.08. The highest BCUT2D eigenvalue weighted by Crippen LogP contribution is 2.12. The maximum absolute atomic E-state index is 10.8. The first-order valence-corrected chi connectivity index (χ1v) is 4.66. The van der Waals surface area contributed by atoms with Crippen molar-refractivity contribution in [2.75, 3.05) is 11.9 Å². The van der Waals surface area contributed by atoms with Gasteiger partial charge in [-0.25, -0.2) is 9.78 Å². The molecule has 1 aromatic heterocycles. The van der Waals surface area contributed by atoms with Crippen LogP contribution in [0.15, 0.2) is 29.4 Å². The Kier molecular flexibility index (Phi) is 3.64. The number of rotatable bonds is 4. The van der Waals surface area contributed by atoms with Crippen molar-refractivity contribution in [1.82, 2.24) is 4.98 Å². The van der Waals surface area contributed by atoms with Crippen molar-refractivity contribution >= 4 is 27.7 Å². The van der Waals surface area contributed by atoms with E-state index in [1.54, 1.807) is 6.07 Å². The van der Waals surface area contributed by atoms with Crippen LogP contribution in [0.3, 0.4) is 0 Å². The van der Waals surface area contributed by atoms with Gasteiger partial charge in [0.1, 0.15) is 11.4 Å². The van der Waals surface area contributed by atoms with Crippen LogP contribution < -0.4 is 5.32 Å². The number of pyridine rings is 1. The van der Waals surface area contributed by atoms with Crippen LogP contribution in [0.1, 0.15) is 10.4 Å². The fourth-order valence-electron chi connectivity index (χ4n) is 0.898. The molecule has 0 aromatic carbocycles. The van der Waals surface area contributed by atoms with Crippen LogP contribution in [-0.2, 0) is 0 Å². The number of aromatic nitrogens is 1. The van der Waals surface area contributed by atoms with Gasteiger partial charge in [-0.05, 0) is 12.1 Å². The average Bonchev–Trinajstić information content (AvgIpc) is 2.15. The van der Waals surface area contributed by atoms with Gasteiger partial charge in [0.2, 0.25) is 0 Å². The smallest absolute Gasteiger partial charge is 0.339 e. The first-order valence-electron chi connectivity index (χ1n) is 3.86. The van der Waals surface area contributed by atoms with E-state index in [0.717, 1.165) is 4.48 Å². The molecule has 0 spiro atoms. The molecule has 0 aliphatic rings. The predicted molar refractivity (Wildman–Crippen MR) is 57.8 cm³/mol. The van der Waals surface area contributed by atoms with Gasteiger partial charge in [-0.1, -0.05) is 22.5 Å². The van der Waals surface area contributed by atoms with Gasteiger partial charge >= 0.3 is 5.97 Å². The first-order chi connectivity index (χ1) is 6.61. The molecule has 2 N–H and O–H groups in total. The lowest BCUT2D eigenvalue weighted by atomic mass is 10.2. The Morgan fingerprint density at radius 2 is 2.43 bits per heavy atom. The van der Waals surface area contributed by atoms with E-state index in [-0.39, 0.29) is 5.56 Å². The second-order valence-electron chi connectivity index (χ2n) is 2.58. The average molecular weight is 257 g/mol. The van der Waals surface area contributed by atoms with Crippen LogP contribution in [0, 0.1) is 0 Å². The molecule has 1 rings (SSSR count). The van der Waals surface area contributed by atoms with Crippen molar-refractivity contribution in [3.8, 4) is 0 Å². The number of halogens is 1. The van der Waals surface area contributed by atoms with Crippen LogP contribution in [-0.4, -0.2) is 22.6 Å². The van der Waals surface area contributed by atoms with Gasteiger partial charge in [-0.3, -0.25) is 0 Å². The zero-order valence-electron chi connectivity index (χ0n) is 7.33. The van der Waals surface area contributed by atoms with Crippen molar-refractivity contribution in [2.24, 2.45) is 0 Å². The summed E-state index contributed by atoms with van der Waals surface area (Å²) in [5.74, 6) is -0.651. The number of hydrogen-bond acceptors (Lipinski definition) is 3. The molecule has 0 amide bonds. The summed E-state index contributed by atoms with van der Waals surface area (Å²) in [7, 11) is 0. The molecule has 0 fully saturated rings. The van der Waals surface area contributed by atoms with Crippen molar-refractivity contribution < 1.29 is 9.90 Å². The van der Waals surface area contributed by atoms with Gasteiger partial charge in [0.05, 0.1) is 0 Å². The van der Waals surface area contributed by atoms with E-state index in [2.05, 4.69) is 32.8 Å². The SMILES string of the molecule is C=C(Br)CNc1ncccc1C(=O)O. The van der Waals surface area contributed by atoms with Gasteiger partial charge in [0, 0.05) is 17.2 Å². The molecule has 0 atom stereocenters. The van der Waals surface area contributed by atoms with E-state index in [1.165, 1.54) is 12.3 Å². The fraction of sp³-hybridized carbons (Fsp3) is 0.111. The standard InChI is InChI=1S/C9H9BrN2O2/c1-6(10)5-12-8-7(9(13)14)3-2-4-11-8/h2-4H,1,5H2,(H,11,12)(H,13,14). The molecule has 1 aromatic rings. The molecular weight excluding hydrogens is 248 g/mol. The van der Waals surface area contributed by atoms with Gasteiger partial charge < -0.3 is 10.4 Å². The van der Waals surface area contributed by atoms with Gasteiger partial charge in [-0.15, -0.1) is 0 Å². The Balaban J connectivity index is 2.84. The maximum atomic E-state index is 10.8. The number of hydrogen-bond donors (Lipinski definition) is 2. The third kappa shape index (κ3) is 2.85. The van der Waals surface area contributed by atoms with E-state index in [1.807, 2.05) is 0 Å². The van der Waals surface area contributed by atoms with E-state index in [4.69, 9.17) is 5.11 Å². The highest BCUT2D eigenvalue weighted by atomic mass is 79.9. The number of nitrogens with one attached hydrogen (secondary N) is 1. The van der Waals surface area contributed by atoms with E-state index in [0.29, 0.717) is 12.4 Å². The molecule has 0 radical (unpaired) electrons. The normalized spacial score (nSPS) is 9.50. The third-order valence-corrected chi connectivity index (χ3v) is 1.77. The Labute approximate surface area is 89.8 Å². The molecule has 14 heavy (non-hydrogen) atoms. The molecule has 1 heterocycles. The summed E-state index contributed by atoms with van der Waals surface area (Å²) in [5.41, 5.74) is 0.154. The van der Waals surface area contributed by atoms with Crippen molar-refractivity contribution in [3.63, 3.8) is 0 Å². The van der Waals surface area contributed by atoms with E-state index >= 15 is 0 Å². The van der Waals surface area contributed by atoms with Crippen LogP contribution >= 0.6 is 15.9 Å². The molecule has 0 bridgehead atoms. The number of carboxylic acid groups (broad SMARTS) is 1. The highest BCUT2D eigenvalue weighted by Gasteiger charge is 2.09. The molecule has 0 aliphatic heterocycles. The quantitative estimate of drug-likeness (QED) is 0.867. The van der Waals surface area contributed by atoms with Crippen LogP contribution in [0.2, 0.25) is 0 Å². The molecule has 4 nitrogen and oxygen atoms in total. The predicted octanol–water partition coefficient (Wildman–Crippen LogP) is 2.10. The number of carbonyl (C=O) groups is 1. The van der Waals surface area contributed by atoms with Crippen molar-refractivity contribution in [2.45, 2.75) is 0 Å². The minimum atomic E-state index is -0.999. The zero-order chi connectivity index (χ0) is 10.6. The number of carboxylic acids is 1. The fourth-order valence-corrected chi connectivity index (χ4v) is 1.04. The van der Waals surface area contributed by atoms with Gasteiger partial charge in [-0.2, -0.15) is 0 Å². The monoisotopic (exact) mass is 256 g/mol. The molecule has 0 saturated carbocycles. The van der Waals surface area contributed by atoms with Gasteiger partial charge in [0.15, 0.2) is 0 Å². The number of nitrogens with zero attached hydrogens (tertiary/aromatic N) is 1. The topological polar surface area (TPSA) is 62.2 Å². The lowest BCUT2D eigenvalue weighted by Crippen LogP contribution is -2.08. The van der Waals surface area contributed by atoms with Crippen LogP contribution in [0.25, 0.3) is 0 Å². The Morgan fingerprint density at radius 3 is 3.00 bits per heavy atom. The molecule has 0 unspecified atom stereocenters. The molecule has 5 heteroatoms. The lowest BCUT2D eigenvalue weighted by molar-refractivity contribution is 0.0697. The second kappa shape index (κ2) is 4.76. The third-order valence-electron chi connectivity index (χ3n) is 1.49. The Bertz CT molecular complexity index is 366. The van der Waals surface area contributed by atoms with E-state index < -0.39 is 5.97 Å². The highest BCUT2D eigenvalue weighted by molar-refractivity contribution is 9.11. The van der Waals surface area contributed by atoms with Crippen molar-refractivity contribution in [3.05, 3.63) is 35.0 Å². The molecule has 0 saturated heterocycles. The van der Waals surface area contributed by atoms with Crippen LogP contribution in [0.5, 0.6) is 0 Å². The molecule has 74 valence electrons. The van der Waals surface area contributed by atoms with Crippen LogP contribution in [0.4, 0.5) is 5.82 Å². The maximum Gasteiger partial charge on any atom is 0.339 e. The number of aromatic carboxylic acids is 1. The van der Waals surface area contributed by atoms with E-state index in [9.17, 15) is 4.79 Å². The number of anilines is 1. The lowest BCUT2D eigenvalue weighted by Gasteiger charge is -2.06. The largest absolute Gasteiger partial charge is 0.478 e. The minimum Gasteiger partial charge on any atom is -0.478 e. The van der Waals surface area contributed by atoms with Crippen molar-refractivity contribution in [1.29, 1.82) is 0 Å². The summed E-state index contributed by atoms with van der Waals surface area (Å²) in [4.78, 5) is 14.7. The summed E-state index contributed by atoms with van der Waals surface area (Å²) in [5, 5.41) is 11.7. The summed E-state index contributed by atoms with van der Waals surface area (Å²) in [6.45, 7) is 4.07. The first kappa shape index (κ1) is 10.7. The summed E-state index contributed by atoms with van der Waals surface area (Å²) >= 11 is 3.16. The summed E-state index contributed by atoms with van der Waals surface area (Å²) < 4.78 is 0.736. The van der Waals surface area contributed by atoms with Gasteiger partial charge in [0.25, 0.3) is 0 Å². The molecule has 0 aliphatic carbocycles. The zero-order valence-corrected chi connectivity index (χ0v) is 8.91. The second-order valence-corrected chi connectivity index (χ2v) is 3.70. The Morgan fingerprint density at radius 1 is 1.71 bits per heavy atom. The Hall–Kier alpha value is -1.36. The minimum absolute atomic E-state index is 0.154.